The van der Waals surface area contributed by atoms with Crippen LogP contribution >= 0.6 is 36.4 Å². The summed E-state index contributed by atoms with van der Waals surface area (Å²) in [6, 6.07) is 9.45. The largest absolute Gasteiger partial charge is 0.573 e. The van der Waals surface area contributed by atoms with Gasteiger partial charge in [0, 0.05) is 36.8 Å². The van der Waals surface area contributed by atoms with Crippen LogP contribution in [-0.4, -0.2) is 37.4 Å². The molecular formula is C18H19Cl3F4N2O. The highest BCUT2D eigenvalue weighted by atomic mass is 35.5. The molecule has 3 rings (SSSR count). The van der Waals surface area contributed by atoms with Crippen LogP contribution in [0.3, 0.4) is 0 Å². The van der Waals surface area contributed by atoms with E-state index in [0.717, 1.165) is 13.1 Å². The molecule has 0 aromatic heterocycles. The Morgan fingerprint density at radius 3 is 2.14 bits per heavy atom. The van der Waals surface area contributed by atoms with Crippen LogP contribution in [0.1, 0.15) is 17.2 Å². The fraction of sp³-hybridized carbons (Fsp3) is 0.333. The molecule has 10 heteroatoms. The second-order valence-corrected chi connectivity index (χ2v) is 6.35. The van der Waals surface area contributed by atoms with Crippen molar-refractivity contribution < 1.29 is 22.3 Å². The van der Waals surface area contributed by atoms with E-state index >= 15 is 0 Å². The van der Waals surface area contributed by atoms with Crippen molar-refractivity contribution in [1.82, 2.24) is 10.2 Å². The molecule has 1 aliphatic heterocycles. The van der Waals surface area contributed by atoms with Crippen LogP contribution in [0.4, 0.5) is 17.6 Å². The van der Waals surface area contributed by atoms with Gasteiger partial charge in [-0.1, -0.05) is 29.8 Å². The Kier molecular flexibility index (Phi) is 9.30. The van der Waals surface area contributed by atoms with E-state index in [1.807, 2.05) is 0 Å². The third-order valence-corrected chi connectivity index (χ3v) is 4.55. The summed E-state index contributed by atoms with van der Waals surface area (Å²) in [7, 11) is 0. The topological polar surface area (TPSA) is 24.5 Å². The first-order valence-electron chi connectivity index (χ1n) is 8.09. The first kappa shape index (κ1) is 24.8. The molecular weight excluding hydrogens is 443 g/mol. The third kappa shape index (κ3) is 6.12. The van der Waals surface area contributed by atoms with E-state index in [1.165, 1.54) is 36.4 Å². The summed E-state index contributed by atoms with van der Waals surface area (Å²) in [6.45, 7) is 2.79. The first-order chi connectivity index (χ1) is 12.3. The second-order valence-electron chi connectivity index (χ2n) is 5.94. The minimum absolute atomic E-state index is 0. The summed E-state index contributed by atoms with van der Waals surface area (Å²) in [5.41, 5.74) is 0.967. The molecule has 0 radical (unpaired) electrons. The number of piperazine rings is 1. The lowest BCUT2D eigenvalue weighted by molar-refractivity contribution is -0.274. The van der Waals surface area contributed by atoms with E-state index in [9.17, 15) is 17.6 Å². The Morgan fingerprint density at radius 2 is 1.61 bits per heavy atom. The van der Waals surface area contributed by atoms with E-state index in [1.54, 1.807) is 6.07 Å². The minimum atomic E-state index is -4.76. The molecule has 1 fully saturated rings. The average Bonchev–Trinajstić information content (AvgIpc) is 2.59. The van der Waals surface area contributed by atoms with Gasteiger partial charge < -0.3 is 10.1 Å². The molecule has 2 aromatic carbocycles. The zero-order valence-electron chi connectivity index (χ0n) is 14.5. The minimum Gasteiger partial charge on any atom is -0.406 e. The van der Waals surface area contributed by atoms with Crippen molar-refractivity contribution in [2.24, 2.45) is 0 Å². The highest BCUT2D eigenvalue weighted by molar-refractivity contribution is 6.31. The molecule has 0 aliphatic carbocycles. The van der Waals surface area contributed by atoms with Gasteiger partial charge in [0.2, 0.25) is 0 Å². The number of hydrogen-bond acceptors (Lipinski definition) is 3. The van der Waals surface area contributed by atoms with Crippen molar-refractivity contribution in [2.75, 3.05) is 26.2 Å². The summed E-state index contributed by atoms with van der Waals surface area (Å²) in [6.07, 6.45) is -4.76. The predicted molar refractivity (Wildman–Crippen MR) is 105 cm³/mol. The Labute approximate surface area is 177 Å². The molecule has 0 amide bonds. The number of rotatable bonds is 4. The fourth-order valence-electron chi connectivity index (χ4n) is 3.12. The van der Waals surface area contributed by atoms with Gasteiger partial charge in [0.25, 0.3) is 0 Å². The number of nitrogens with zero attached hydrogens (tertiary/aromatic N) is 1. The van der Waals surface area contributed by atoms with E-state index in [-0.39, 0.29) is 35.6 Å². The van der Waals surface area contributed by atoms with Crippen molar-refractivity contribution in [3.63, 3.8) is 0 Å². The first-order valence-corrected chi connectivity index (χ1v) is 8.47. The lowest BCUT2D eigenvalue weighted by atomic mass is 9.95. The van der Waals surface area contributed by atoms with Gasteiger partial charge in [-0.25, -0.2) is 4.39 Å². The van der Waals surface area contributed by atoms with Crippen molar-refractivity contribution in [3.8, 4) is 5.75 Å². The number of nitrogens with one attached hydrogen (secondary N) is 1. The van der Waals surface area contributed by atoms with E-state index < -0.39 is 18.2 Å². The van der Waals surface area contributed by atoms with Gasteiger partial charge in [0.1, 0.15) is 11.6 Å². The molecule has 1 aliphatic rings. The van der Waals surface area contributed by atoms with Crippen molar-refractivity contribution in [1.29, 1.82) is 0 Å². The van der Waals surface area contributed by atoms with Gasteiger partial charge in [0.05, 0.1) is 6.04 Å². The maximum absolute atomic E-state index is 14.5. The summed E-state index contributed by atoms with van der Waals surface area (Å²) in [5, 5.41) is 3.50. The standard InChI is InChI=1S/C18H17ClF4N2O.2ClH/c19-14-2-1-3-15(20)16(14)17(25-10-8-24-9-11-25)12-4-6-13(7-5-12)26-18(21,22)23;;/h1-7,17,24H,8-11H2;2*1H/t17-;;/m1../s1. The summed E-state index contributed by atoms with van der Waals surface area (Å²) >= 11 is 6.26. The van der Waals surface area contributed by atoms with Crippen LogP contribution in [0.25, 0.3) is 0 Å². The molecule has 0 bridgehead atoms. The average molecular weight is 462 g/mol. The van der Waals surface area contributed by atoms with Crippen LogP contribution in [0, 0.1) is 5.82 Å². The molecule has 0 saturated carbocycles. The maximum Gasteiger partial charge on any atom is 0.573 e. The summed E-state index contributed by atoms with van der Waals surface area (Å²) in [5.74, 6) is -0.767. The third-order valence-electron chi connectivity index (χ3n) is 4.22. The molecule has 1 saturated heterocycles. The Balaban J connectivity index is 0.00000196. The van der Waals surface area contributed by atoms with Gasteiger partial charge in [0.15, 0.2) is 0 Å². The highest BCUT2D eigenvalue weighted by Crippen LogP contribution is 2.36. The maximum atomic E-state index is 14.5. The summed E-state index contributed by atoms with van der Waals surface area (Å²) in [4.78, 5) is 2.06. The number of hydrogen-bond donors (Lipinski definition) is 1. The lowest BCUT2D eigenvalue weighted by Crippen LogP contribution is -2.45. The van der Waals surface area contributed by atoms with Gasteiger partial charge in [-0.05, 0) is 29.8 Å². The molecule has 1 N–H and O–H groups in total. The van der Waals surface area contributed by atoms with Crippen LogP contribution < -0.4 is 10.1 Å². The quantitative estimate of drug-likeness (QED) is 0.632. The molecule has 3 nitrogen and oxygen atoms in total. The number of ether oxygens (including phenoxy) is 1. The number of alkyl halides is 3. The zero-order valence-corrected chi connectivity index (χ0v) is 16.9. The number of halogens is 7. The van der Waals surface area contributed by atoms with Crippen molar-refractivity contribution >= 4 is 36.4 Å². The van der Waals surface area contributed by atoms with Crippen LogP contribution in [-0.2, 0) is 0 Å². The molecule has 156 valence electrons. The normalized spacial score (nSPS) is 15.9. The number of benzene rings is 2. The predicted octanol–water partition coefficient (Wildman–Crippen LogP) is 5.22. The Bertz CT molecular complexity index is 733. The highest BCUT2D eigenvalue weighted by Gasteiger charge is 2.32. The van der Waals surface area contributed by atoms with Crippen LogP contribution in [0.15, 0.2) is 42.5 Å². The Morgan fingerprint density at radius 1 is 1.00 bits per heavy atom. The van der Waals surface area contributed by atoms with Gasteiger partial charge in [-0.3, -0.25) is 4.90 Å². The molecule has 2 aromatic rings. The van der Waals surface area contributed by atoms with E-state index in [0.29, 0.717) is 24.2 Å². The SMILES string of the molecule is Cl.Cl.Fc1cccc(Cl)c1[C@@H](c1ccc(OC(F)(F)F)cc1)N1CCNCC1. The summed E-state index contributed by atoms with van der Waals surface area (Å²) < 4.78 is 55.5. The lowest BCUT2D eigenvalue weighted by Gasteiger charge is -2.36. The van der Waals surface area contributed by atoms with Crippen LogP contribution in [0.2, 0.25) is 5.02 Å². The molecule has 1 heterocycles. The van der Waals surface area contributed by atoms with Crippen molar-refractivity contribution in [2.45, 2.75) is 12.4 Å². The van der Waals surface area contributed by atoms with E-state index in [2.05, 4.69) is 15.0 Å². The zero-order chi connectivity index (χ0) is 18.7. The van der Waals surface area contributed by atoms with Gasteiger partial charge in [-0.15, -0.1) is 38.0 Å². The molecule has 0 spiro atoms. The molecule has 1 atom stereocenters. The van der Waals surface area contributed by atoms with Crippen LogP contribution in [0.5, 0.6) is 5.75 Å². The second kappa shape index (κ2) is 10.5. The molecule has 0 unspecified atom stereocenters. The van der Waals surface area contributed by atoms with E-state index in [4.69, 9.17) is 11.6 Å². The fourth-order valence-corrected chi connectivity index (χ4v) is 3.39. The van der Waals surface area contributed by atoms with Gasteiger partial charge in [-0.2, -0.15) is 0 Å². The Hall–Kier alpha value is -1.25. The monoisotopic (exact) mass is 460 g/mol. The van der Waals surface area contributed by atoms with Gasteiger partial charge >= 0.3 is 6.36 Å². The molecule has 28 heavy (non-hydrogen) atoms. The van der Waals surface area contributed by atoms with Crippen molar-refractivity contribution in [3.05, 3.63) is 64.4 Å². The smallest absolute Gasteiger partial charge is 0.406 e.